The van der Waals surface area contributed by atoms with Gasteiger partial charge in [0.15, 0.2) is 5.58 Å². The van der Waals surface area contributed by atoms with Gasteiger partial charge in [-0.05, 0) is 18.2 Å². The predicted octanol–water partition coefficient (Wildman–Crippen LogP) is 3.98. The quantitative estimate of drug-likeness (QED) is 0.515. The van der Waals surface area contributed by atoms with Crippen molar-refractivity contribution in [2.75, 3.05) is 0 Å². The molecule has 1 N–H and O–H groups in total. The first-order valence-electron chi connectivity index (χ1n) is 5.83. The van der Waals surface area contributed by atoms with Crippen molar-refractivity contribution in [1.29, 1.82) is 0 Å². The Hall–Kier alpha value is -2.62. The van der Waals surface area contributed by atoms with Crippen LogP contribution in [0, 0.1) is 5.82 Å². The van der Waals surface area contributed by atoms with Crippen molar-refractivity contribution in [3.8, 4) is 5.88 Å². The van der Waals surface area contributed by atoms with Gasteiger partial charge in [0.25, 0.3) is 0 Å². The number of hydrogen-bond donors (Lipinski definition) is 1. The summed E-state index contributed by atoms with van der Waals surface area (Å²) in [7, 11) is 0. The van der Waals surface area contributed by atoms with E-state index in [0.717, 1.165) is 5.39 Å². The van der Waals surface area contributed by atoms with Crippen molar-refractivity contribution in [3.05, 3.63) is 48.3 Å². The van der Waals surface area contributed by atoms with E-state index in [0.29, 0.717) is 27.5 Å². The second kappa shape index (κ2) is 3.45. The van der Waals surface area contributed by atoms with E-state index in [1.165, 1.54) is 12.1 Å². The molecule has 4 heteroatoms. The van der Waals surface area contributed by atoms with Crippen LogP contribution in [0.2, 0.25) is 0 Å². The van der Waals surface area contributed by atoms with E-state index in [2.05, 4.69) is 4.98 Å². The van der Waals surface area contributed by atoms with Gasteiger partial charge in [0.1, 0.15) is 16.9 Å². The number of benzene rings is 2. The van der Waals surface area contributed by atoms with Crippen molar-refractivity contribution < 1.29 is 13.9 Å². The standard InChI is InChI=1S/C15H8FNO2/c16-8-5-6-11-12(7-8)19-14-9-3-1-2-4-10(9)15(18)17-13(11)14/h1-7H,(H,17,18). The molecule has 2 heterocycles. The highest BCUT2D eigenvalue weighted by Crippen LogP contribution is 2.35. The number of pyridine rings is 1. The van der Waals surface area contributed by atoms with E-state index in [9.17, 15) is 9.50 Å². The van der Waals surface area contributed by atoms with Gasteiger partial charge in [0.2, 0.25) is 5.88 Å². The lowest BCUT2D eigenvalue weighted by molar-refractivity contribution is 0.462. The van der Waals surface area contributed by atoms with Crippen LogP contribution in [0.5, 0.6) is 5.88 Å². The maximum atomic E-state index is 13.2. The van der Waals surface area contributed by atoms with Crippen LogP contribution in [0.15, 0.2) is 46.9 Å². The SMILES string of the molecule is Oc1nc2c3ccc(F)cc3oc2c2ccccc12. The highest BCUT2D eigenvalue weighted by molar-refractivity contribution is 6.13. The molecule has 92 valence electrons. The maximum Gasteiger partial charge on any atom is 0.219 e. The minimum atomic E-state index is -0.361. The second-order valence-corrected chi connectivity index (χ2v) is 4.40. The van der Waals surface area contributed by atoms with Gasteiger partial charge in [0, 0.05) is 22.2 Å². The predicted molar refractivity (Wildman–Crippen MR) is 70.6 cm³/mol. The molecule has 0 aliphatic carbocycles. The van der Waals surface area contributed by atoms with Crippen LogP contribution in [0.4, 0.5) is 4.39 Å². The fourth-order valence-corrected chi connectivity index (χ4v) is 2.39. The lowest BCUT2D eigenvalue weighted by Crippen LogP contribution is -1.80. The molecular formula is C15H8FNO2. The summed E-state index contributed by atoms with van der Waals surface area (Å²) in [4.78, 5) is 4.16. The smallest absolute Gasteiger partial charge is 0.219 e. The van der Waals surface area contributed by atoms with Gasteiger partial charge in [-0.1, -0.05) is 18.2 Å². The van der Waals surface area contributed by atoms with Gasteiger partial charge in [0.05, 0.1) is 0 Å². The highest BCUT2D eigenvalue weighted by Gasteiger charge is 2.14. The molecule has 0 saturated carbocycles. The Morgan fingerprint density at radius 3 is 2.63 bits per heavy atom. The Morgan fingerprint density at radius 2 is 1.79 bits per heavy atom. The number of halogens is 1. The Labute approximate surface area is 106 Å². The number of fused-ring (bicyclic) bond motifs is 5. The van der Waals surface area contributed by atoms with Gasteiger partial charge in [-0.25, -0.2) is 9.37 Å². The summed E-state index contributed by atoms with van der Waals surface area (Å²) in [6, 6.07) is 11.6. The third-order valence-electron chi connectivity index (χ3n) is 3.26. The van der Waals surface area contributed by atoms with Gasteiger partial charge < -0.3 is 9.52 Å². The monoisotopic (exact) mass is 253 g/mol. The fraction of sp³-hybridized carbons (Fsp3) is 0. The molecule has 0 spiro atoms. The topological polar surface area (TPSA) is 46.3 Å². The molecule has 0 amide bonds. The molecule has 0 bridgehead atoms. The van der Waals surface area contributed by atoms with Crippen molar-refractivity contribution >= 4 is 32.8 Å². The lowest BCUT2D eigenvalue weighted by Gasteiger charge is -2.00. The number of nitrogens with zero attached hydrogens (tertiary/aromatic N) is 1. The molecule has 19 heavy (non-hydrogen) atoms. The van der Waals surface area contributed by atoms with Gasteiger partial charge in [-0.3, -0.25) is 0 Å². The molecule has 2 aromatic carbocycles. The van der Waals surface area contributed by atoms with Gasteiger partial charge in [-0.15, -0.1) is 0 Å². The minimum Gasteiger partial charge on any atom is -0.493 e. The molecule has 2 aromatic heterocycles. The third kappa shape index (κ3) is 1.34. The van der Waals surface area contributed by atoms with Crippen LogP contribution in [-0.4, -0.2) is 10.1 Å². The van der Waals surface area contributed by atoms with Crippen LogP contribution < -0.4 is 0 Å². The van der Waals surface area contributed by atoms with Crippen molar-refractivity contribution in [3.63, 3.8) is 0 Å². The van der Waals surface area contributed by atoms with Crippen LogP contribution in [0.3, 0.4) is 0 Å². The summed E-state index contributed by atoms with van der Waals surface area (Å²) in [5.74, 6) is -0.407. The van der Waals surface area contributed by atoms with Crippen LogP contribution >= 0.6 is 0 Å². The summed E-state index contributed by atoms with van der Waals surface area (Å²) < 4.78 is 18.9. The zero-order valence-electron chi connectivity index (χ0n) is 9.72. The normalized spacial score (nSPS) is 11.6. The molecule has 0 atom stereocenters. The number of hydrogen-bond acceptors (Lipinski definition) is 3. The Kier molecular flexibility index (Phi) is 1.87. The largest absolute Gasteiger partial charge is 0.493 e. The Balaban J connectivity index is 2.31. The number of aromatic nitrogens is 1. The lowest BCUT2D eigenvalue weighted by atomic mass is 10.1. The number of aromatic hydroxyl groups is 1. The Morgan fingerprint density at radius 1 is 1.00 bits per heavy atom. The third-order valence-corrected chi connectivity index (χ3v) is 3.26. The molecule has 0 saturated heterocycles. The molecule has 0 aliphatic heterocycles. The number of rotatable bonds is 0. The van der Waals surface area contributed by atoms with E-state index >= 15 is 0 Å². The maximum absolute atomic E-state index is 13.2. The van der Waals surface area contributed by atoms with E-state index in [1.807, 2.05) is 18.2 Å². The molecule has 4 aromatic rings. The summed E-state index contributed by atoms with van der Waals surface area (Å²) >= 11 is 0. The first-order valence-corrected chi connectivity index (χ1v) is 5.83. The van der Waals surface area contributed by atoms with E-state index < -0.39 is 0 Å². The van der Waals surface area contributed by atoms with E-state index in [-0.39, 0.29) is 11.7 Å². The zero-order chi connectivity index (χ0) is 13.0. The van der Waals surface area contributed by atoms with Crippen LogP contribution in [0.25, 0.3) is 32.8 Å². The molecule has 4 rings (SSSR count). The van der Waals surface area contributed by atoms with E-state index in [1.54, 1.807) is 12.1 Å². The summed E-state index contributed by atoms with van der Waals surface area (Å²) in [6.07, 6.45) is 0. The van der Waals surface area contributed by atoms with Gasteiger partial charge >= 0.3 is 0 Å². The van der Waals surface area contributed by atoms with Crippen LogP contribution in [0.1, 0.15) is 0 Å². The average molecular weight is 253 g/mol. The number of furan rings is 1. The van der Waals surface area contributed by atoms with Crippen molar-refractivity contribution in [2.45, 2.75) is 0 Å². The molecule has 0 radical (unpaired) electrons. The summed E-state index contributed by atoms with van der Waals surface area (Å²) in [6.45, 7) is 0. The van der Waals surface area contributed by atoms with Crippen molar-refractivity contribution in [2.24, 2.45) is 0 Å². The Bertz CT molecular complexity index is 943. The van der Waals surface area contributed by atoms with Crippen LogP contribution in [-0.2, 0) is 0 Å². The second-order valence-electron chi connectivity index (χ2n) is 4.40. The molecular weight excluding hydrogens is 245 g/mol. The molecule has 0 unspecified atom stereocenters. The zero-order valence-corrected chi connectivity index (χ0v) is 9.72. The molecule has 0 fully saturated rings. The van der Waals surface area contributed by atoms with Crippen molar-refractivity contribution in [1.82, 2.24) is 4.98 Å². The molecule has 0 aliphatic rings. The summed E-state index contributed by atoms with van der Waals surface area (Å²) in [5.41, 5.74) is 1.54. The van der Waals surface area contributed by atoms with Gasteiger partial charge in [-0.2, -0.15) is 0 Å². The summed E-state index contributed by atoms with van der Waals surface area (Å²) in [5, 5.41) is 12.1. The minimum absolute atomic E-state index is 0.0462. The van der Waals surface area contributed by atoms with E-state index in [4.69, 9.17) is 4.42 Å². The average Bonchev–Trinajstić information content (AvgIpc) is 2.77. The highest BCUT2D eigenvalue weighted by atomic mass is 19.1. The first kappa shape index (κ1) is 10.3. The fourth-order valence-electron chi connectivity index (χ4n) is 2.39. The molecule has 3 nitrogen and oxygen atoms in total. The first-order chi connectivity index (χ1) is 9.24.